The van der Waals surface area contributed by atoms with Gasteiger partial charge in [0.2, 0.25) is 5.91 Å². The number of carboxylic acids is 1. The largest absolute Gasteiger partial charge is 0.480 e. The molecule has 20 heavy (non-hydrogen) atoms. The molecule has 0 aliphatic rings. The van der Waals surface area contributed by atoms with Crippen LogP contribution < -0.4 is 5.32 Å². The first-order chi connectivity index (χ1) is 9.43. The summed E-state index contributed by atoms with van der Waals surface area (Å²) in [6, 6.07) is 3.81. The number of nitrogens with one attached hydrogen (secondary N) is 1. The highest BCUT2D eigenvalue weighted by Gasteiger charge is 2.20. The van der Waals surface area contributed by atoms with Crippen molar-refractivity contribution >= 4 is 35.1 Å². The first kappa shape index (κ1) is 16.8. The molecule has 1 rings (SSSR count). The van der Waals surface area contributed by atoms with Crippen molar-refractivity contribution in [2.24, 2.45) is 0 Å². The number of carbonyl (C=O) groups excluding carboxylic acids is 1. The molecule has 0 aliphatic heterocycles. The summed E-state index contributed by atoms with van der Waals surface area (Å²) in [5.41, 5.74) is 0.587. The van der Waals surface area contributed by atoms with E-state index >= 15 is 0 Å². The Balaban J connectivity index is 2.63. The predicted molar refractivity (Wildman–Crippen MR) is 76.2 cm³/mol. The van der Waals surface area contributed by atoms with Crippen LogP contribution in [0.5, 0.6) is 0 Å². The van der Waals surface area contributed by atoms with E-state index in [9.17, 15) is 9.59 Å². The highest BCUT2D eigenvalue weighted by Crippen LogP contribution is 2.21. The molecule has 0 bridgehead atoms. The highest BCUT2D eigenvalue weighted by molar-refractivity contribution is 6.35. The van der Waals surface area contributed by atoms with E-state index < -0.39 is 17.9 Å². The Bertz CT molecular complexity index is 493. The van der Waals surface area contributed by atoms with Crippen molar-refractivity contribution in [1.82, 2.24) is 5.32 Å². The van der Waals surface area contributed by atoms with Crippen LogP contribution in [0.4, 0.5) is 0 Å². The van der Waals surface area contributed by atoms with Gasteiger partial charge in [0.05, 0.1) is 6.42 Å². The number of benzene rings is 1. The number of amides is 1. The van der Waals surface area contributed by atoms with Crippen LogP contribution in [0, 0.1) is 0 Å². The SMILES string of the molecule is COCCC(NC(=O)Cc1ccc(Cl)cc1Cl)C(=O)O. The van der Waals surface area contributed by atoms with Crippen LogP contribution in [0.15, 0.2) is 18.2 Å². The van der Waals surface area contributed by atoms with E-state index in [4.69, 9.17) is 33.0 Å². The number of ether oxygens (including phenoxy) is 1. The van der Waals surface area contributed by atoms with E-state index in [1.807, 2.05) is 0 Å². The van der Waals surface area contributed by atoms with Crippen LogP contribution in [-0.2, 0) is 20.7 Å². The summed E-state index contributed by atoms with van der Waals surface area (Å²) in [5, 5.41) is 12.3. The lowest BCUT2D eigenvalue weighted by atomic mass is 10.1. The summed E-state index contributed by atoms with van der Waals surface area (Å²) in [7, 11) is 1.47. The van der Waals surface area contributed by atoms with Crippen LogP contribution in [-0.4, -0.2) is 36.7 Å². The fraction of sp³-hybridized carbons (Fsp3) is 0.385. The number of halogens is 2. The molecule has 0 heterocycles. The summed E-state index contributed by atoms with van der Waals surface area (Å²) >= 11 is 11.7. The Morgan fingerprint density at radius 2 is 2.10 bits per heavy atom. The summed E-state index contributed by atoms with van der Waals surface area (Å²) in [6.07, 6.45) is 0.193. The minimum absolute atomic E-state index is 0.00718. The maximum absolute atomic E-state index is 11.8. The summed E-state index contributed by atoms with van der Waals surface area (Å²) in [6.45, 7) is 0.249. The molecule has 0 fully saturated rings. The second-order valence-corrected chi connectivity index (χ2v) is 5.00. The average Bonchev–Trinajstić information content (AvgIpc) is 2.37. The van der Waals surface area contributed by atoms with Crippen LogP contribution in [0.2, 0.25) is 10.0 Å². The van der Waals surface area contributed by atoms with E-state index in [1.54, 1.807) is 12.1 Å². The molecular formula is C13H15Cl2NO4. The Kier molecular flexibility index (Phi) is 6.78. The summed E-state index contributed by atoms with van der Waals surface area (Å²) < 4.78 is 4.80. The normalized spacial score (nSPS) is 11.9. The van der Waals surface area contributed by atoms with Crippen molar-refractivity contribution in [2.45, 2.75) is 18.9 Å². The Morgan fingerprint density at radius 3 is 2.65 bits per heavy atom. The molecule has 0 aromatic heterocycles. The van der Waals surface area contributed by atoms with E-state index in [2.05, 4.69) is 5.32 Å². The standard InChI is InChI=1S/C13H15Cl2NO4/c1-20-5-4-11(13(18)19)16-12(17)6-8-2-3-9(14)7-10(8)15/h2-3,7,11H,4-6H2,1H3,(H,16,17)(H,18,19). The monoisotopic (exact) mass is 319 g/mol. The second-order valence-electron chi connectivity index (χ2n) is 4.15. The van der Waals surface area contributed by atoms with Crippen LogP contribution in [0.1, 0.15) is 12.0 Å². The van der Waals surface area contributed by atoms with Gasteiger partial charge in [0.15, 0.2) is 0 Å². The van der Waals surface area contributed by atoms with Crippen LogP contribution >= 0.6 is 23.2 Å². The predicted octanol–water partition coefficient (Wildman–Crippen LogP) is 2.14. The Hall–Kier alpha value is -1.30. The molecule has 110 valence electrons. The molecule has 5 nitrogen and oxygen atoms in total. The molecule has 0 radical (unpaired) electrons. The highest BCUT2D eigenvalue weighted by atomic mass is 35.5. The molecule has 1 amide bonds. The smallest absolute Gasteiger partial charge is 0.326 e. The topological polar surface area (TPSA) is 75.6 Å². The third kappa shape index (κ3) is 5.36. The molecule has 1 atom stereocenters. The lowest BCUT2D eigenvalue weighted by Gasteiger charge is -2.14. The maximum Gasteiger partial charge on any atom is 0.326 e. The van der Waals surface area contributed by atoms with Gasteiger partial charge in [0.1, 0.15) is 6.04 Å². The molecule has 2 N–H and O–H groups in total. The first-order valence-electron chi connectivity index (χ1n) is 5.89. The molecule has 7 heteroatoms. The lowest BCUT2D eigenvalue weighted by Crippen LogP contribution is -2.42. The number of carboxylic acid groups (broad SMARTS) is 1. The van der Waals surface area contributed by atoms with Crippen LogP contribution in [0.25, 0.3) is 0 Å². The molecule has 0 saturated heterocycles. The van der Waals surface area contributed by atoms with Crippen molar-refractivity contribution < 1.29 is 19.4 Å². The minimum Gasteiger partial charge on any atom is -0.480 e. The van der Waals surface area contributed by atoms with Crippen molar-refractivity contribution in [3.63, 3.8) is 0 Å². The van der Waals surface area contributed by atoms with Gasteiger partial charge in [-0.05, 0) is 17.7 Å². The van der Waals surface area contributed by atoms with Gasteiger partial charge in [-0.25, -0.2) is 4.79 Å². The molecule has 0 aliphatic carbocycles. The minimum atomic E-state index is -1.10. The van der Waals surface area contributed by atoms with Gasteiger partial charge < -0.3 is 15.2 Å². The van der Waals surface area contributed by atoms with Crippen molar-refractivity contribution in [3.8, 4) is 0 Å². The van der Waals surface area contributed by atoms with Gasteiger partial charge in [0.25, 0.3) is 0 Å². The van der Waals surface area contributed by atoms with Gasteiger partial charge >= 0.3 is 5.97 Å². The Morgan fingerprint density at radius 1 is 1.40 bits per heavy atom. The number of hydrogen-bond donors (Lipinski definition) is 2. The number of aliphatic carboxylic acids is 1. The summed E-state index contributed by atoms with van der Waals surface area (Å²) in [5.74, 6) is -1.52. The number of rotatable bonds is 7. The van der Waals surface area contributed by atoms with Gasteiger partial charge in [-0.15, -0.1) is 0 Å². The van der Waals surface area contributed by atoms with Crippen molar-refractivity contribution in [2.75, 3.05) is 13.7 Å². The lowest BCUT2D eigenvalue weighted by molar-refractivity contribution is -0.142. The Labute approximate surface area is 126 Å². The maximum atomic E-state index is 11.8. The van der Waals surface area contributed by atoms with Crippen molar-refractivity contribution in [3.05, 3.63) is 33.8 Å². The van der Waals surface area contributed by atoms with Crippen molar-refractivity contribution in [1.29, 1.82) is 0 Å². The third-order valence-corrected chi connectivity index (χ3v) is 3.20. The van der Waals surface area contributed by atoms with E-state index in [-0.39, 0.29) is 19.4 Å². The van der Waals surface area contributed by atoms with E-state index in [0.717, 1.165) is 0 Å². The number of carbonyl (C=O) groups is 2. The molecule has 1 aromatic rings. The average molecular weight is 320 g/mol. The quantitative estimate of drug-likeness (QED) is 0.807. The number of methoxy groups -OCH3 is 1. The van der Waals surface area contributed by atoms with E-state index in [1.165, 1.54) is 13.2 Å². The van der Waals surface area contributed by atoms with Crippen LogP contribution in [0.3, 0.4) is 0 Å². The zero-order valence-electron chi connectivity index (χ0n) is 10.9. The molecule has 1 unspecified atom stereocenters. The molecular weight excluding hydrogens is 305 g/mol. The number of hydrogen-bond acceptors (Lipinski definition) is 3. The zero-order valence-corrected chi connectivity index (χ0v) is 12.4. The molecule has 0 spiro atoms. The zero-order chi connectivity index (χ0) is 15.1. The molecule has 0 saturated carbocycles. The second kappa shape index (κ2) is 8.09. The van der Waals surface area contributed by atoms with Gasteiger partial charge in [-0.1, -0.05) is 29.3 Å². The summed E-state index contributed by atoms with van der Waals surface area (Å²) in [4.78, 5) is 22.8. The fourth-order valence-electron chi connectivity index (χ4n) is 1.58. The van der Waals surface area contributed by atoms with E-state index in [0.29, 0.717) is 15.6 Å². The van der Waals surface area contributed by atoms with Gasteiger partial charge in [0, 0.05) is 30.2 Å². The molecule has 1 aromatic carbocycles. The fourth-order valence-corrected chi connectivity index (χ4v) is 2.05. The third-order valence-electron chi connectivity index (χ3n) is 2.61. The van der Waals surface area contributed by atoms with Gasteiger partial charge in [-0.2, -0.15) is 0 Å². The van der Waals surface area contributed by atoms with Gasteiger partial charge in [-0.3, -0.25) is 4.79 Å². The first-order valence-corrected chi connectivity index (χ1v) is 6.64.